The van der Waals surface area contributed by atoms with Crippen LogP contribution in [0.2, 0.25) is 0 Å². The number of rotatable bonds is 2. The van der Waals surface area contributed by atoms with Crippen molar-refractivity contribution < 1.29 is 4.79 Å². The molecule has 2 N–H and O–H groups in total. The van der Waals surface area contributed by atoms with Crippen LogP contribution in [0.25, 0.3) is 10.9 Å². The zero-order chi connectivity index (χ0) is 12.0. The number of halogens is 1. The summed E-state index contributed by atoms with van der Waals surface area (Å²) in [6.07, 6.45) is 3.85. The maximum absolute atomic E-state index is 12.1. The quantitative estimate of drug-likeness (QED) is 0.872. The maximum atomic E-state index is 12.1. The van der Waals surface area contributed by atoms with Gasteiger partial charge in [0.15, 0.2) is 0 Å². The number of carbonyl (C=O) groups is 1. The lowest BCUT2D eigenvalue weighted by atomic mass is 10.1. The van der Waals surface area contributed by atoms with Crippen LogP contribution < -0.4 is 5.32 Å². The highest BCUT2D eigenvalue weighted by molar-refractivity contribution is 9.10. The Hall–Kier alpha value is -1.29. The van der Waals surface area contributed by atoms with Crippen LogP contribution in [0.4, 0.5) is 5.69 Å². The summed E-state index contributed by atoms with van der Waals surface area (Å²) in [7, 11) is 0. The second-order valence-electron chi connectivity index (χ2n) is 4.88. The van der Waals surface area contributed by atoms with Gasteiger partial charge in [0.25, 0.3) is 0 Å². The van der Waals surface area contributed by atoms with E-state index in [-0.39, 0.29) is 11.3 Å². The van der Waals surface area contributed by atoms with Crippen molar-refractivity contribution >= 4 is 38.4 Å². The molecule has 1 aliphatic carbocycles. The molecule has 1 aromatic carbocycles. The molecule has 4 heteroatoms. The van der Waals surface area contributed by atoms with Crippen LogP contribution in [0, 0.1) is 5.41 Å². The molecule has 1 amide bonds. The average Bonchev–Trinajstić information content (AvgIpc) is 2.90. The van der Waals surface area contributed by atoms with Crippen LogP contribution in [0.3, 0.4) is 0 Å². The van der Waals surface area contributed by atoms with Gasteiger partial charge >= 0.3 is 0 Å². The first-order chi connectivity index (χ1) is 8.10. The van der Waals surface area contributed by atoms with E-state index in [4.69, 9.17) is 0 Å². The minimum atomic E-state index is -0.155. The van der Waals surface area contributed by atoms with Gasteiger partial charge in [-0.25, -0.2) is 0 Å². The fraction of sp³-hybridized carbons (Fsp3) is 0.308. The van der Waals surface area contributed by atoms with Crippen LogP contribution in [0.1, 0.15) is 19.8 Å². The monoisotopic (exact) mass is 292 g/mol. The van der Waals surface area contributed by atoms with Gasteiger partial charge in [-0.1, -0.05) is 6.92 Å². The molecule has 1 heterocycles. The van der Waals surface area contributed by atoms with Gasteiger partial charge < -0.3 is 10.3 Å². The van der Waals surface area contributed by atoms with E-state index in [2.05, 4.69) is 26.2 Å². The number of carbonyl (C=O) groups excluding carboxylic acids is 1. The summed E-state index contributed by atoms with van der Waals surface area (Å²) in [6, 6.07) is 5.92. The Morgan fingerprint density at radius 2 is 2.18 bits per heavy atom. The molecule has 3 nitrogen and oxygen atoms in total. The molecule has 1 aliphatic rings. The predicted octanol–water partition coefficient (Wildman–Crippen LogP) is 3.67. The van der Waals surface area contributed by atoms with E-state index in [1.165, 1.54) is 0 Å². The lowest BCUT2D eigenvalue weighted by Crippen LogP contribution is -2.21. The summed E-state index contributed by atoms with van der Waals surface area (Å²) in [4.78, 5) is 15.2. The maximum Gasteiger partial charge on any atom is 0.230 e. The van der Waals surface area contributed by atoms with Crippen LogP contribution in [0.15, 0.2) is 28.9 Å². The number of anilines is 1. The highest BCUT2D eigenvalue weighted by Gasteiger charge is 2.45. The van der Waals surface area contributed by atoms with Gasteiger partial charge in [0, 0.05) is 27.0 Å². The van der Waals surface area contributed by atoms with Gasteiger partial charge in [-0.3, -0.25) is 4.79 Å². The first kappa shape index (κ1) is 10.8. The van der Waals surface area contributed by atoms with Crippen LogP contribution in [-0.4, -0.2) is 10.9 Å². The Morgan fingerprint density at radius 3 is 2.88 bits per heavy atom. The molecule has 1 aromatic heterocycles. The van der Waals surface area contributed by atoms with Crippen molar-refractivity contribution in [2.24, 2.45) is 5.41 Å². The van der Waals surface area contributed by atoms with Crippen molar-refractivity contribution in [1.82, 2.24) is 4.98 Å². The van der Waals surface area contributed by atoms with E-state index in [1.54, 1.807) is 0 Å². The average molecular weight is 293 g/mol. The normalized spacial score (nSPS) is 17.1. The molecule has 0 aliphatic heterocycles. The fourth-order valence-electron chi connectivity index (χ4n) is 1.91. The van der Waals surface area contributed by atoms with Gasteiger partial charge in [0.1, 0.15) is 0 Å². The summed E-state index contributed by atoms with van der Waals surface area (Å²) < 4.78 is 0.919. The number of amides is 1. The van der Waals surface area contributed by atoms with E-state index in [1.807, 2.05) is 31.3 Å². The van der Waals surface area contributed by atoms with Gasteiger partial charge in [0.2, 0.25) is 5.91 Å². The van der Waals surface area contributed by atoms with Crippen LogP contribution in [0.5, 0.6) is 0 Å². The first-order valence-corrected chi connectivity index (χ1v) is 6.46. The third kappa shape index (κ3) is 1.76. The van der Waals surface area contributed by atoms with E-state index in [9.17, 15) is 4.79 Å². The molecule has 0 unspecified atom stereocenters. The minimum absolute atomic E-state index is 0.118. The largest absolute Gasteiger partial charge is 0.361 e. The second-order valence-corrected chi connectivity index (χ2v) is 5.73. The van der Waals surface area contributed by atoms with Crippen LogP contribution >= 0.6 is 15.9 Å². The number of hydrogen-bond donors (Lipinski definition) is 2. The Balaban J connectivity index is 2.01. The summed E-state index contributed by atoms with van der Waals surface area (Å²) in [5.41, 5.74) is 1.74. The van der Waals surface area contributed by atoms with Crippen molar-refractivity contribution in [1.29, 1.82) is 0 Å². The van der Waals surface area contributed by atoms with E-state index < -0.39 is 0 Å². The molecule has 1 saturated carbocycles. The smallest absolute Gasteiger partial charge is 0.230 e. The fourth-order valence-corrected chi connectivity index (χ4v) is 2.36. The van der Waals surface area contributed by atoms with Crippen LogP contribution in [-0.2, 0) is 4.79 Å². The van der Waals surface area contributed by atoms with Crippen molar-refractivity contribution in [3.8, 4) is 0 Å². The summed E-state index contributed by atoms with van der Waals surface area (Å²) in [5.74, 6) is 0.118. The molecule has 2 aromatic rings. The van der Waals surface area contributed by atoms with Crippen molar-refractivity contribution in [3.63, 3.8) is 0 Å². The summed E-state index contributed by atoms with van der Waals surface area (Å²) in [6.45, 7) is 2.01. The zero-order valence-electron chi connectivity index (χ0n) is 9.51. The van der Waals surface area contributed by atoms with E-state index in [0.29, 0.717) is 0 Å². The Bertz CT molecular complexity index is 598. The molecular formula is C13H13BrN2O. The molecular weight excluding hydrogens is 280 g/mol. The molecule has 0 radical (unpaired) electrons. The number of fused-ring (bicyclic) bond motifs is 1. The minimum Gasteiger partial charge on any atom is -0.361 e. The summed E-state index contributed by atoms with van der Waals surface area (Å²) in [5, 5.41) is 4.07. The standard InChI is InChI=1S/C13H13BrN2O/c1-13(5-6-13)12(17)16-11-8-4-7-15-10(8)3-2-9(11)14/h2-4,7,15H,5-6H2,1H3,(H,16,17). The van der Waals surface area contributed by atoms with Gasteiger partial charge in [-0.15, -0.1) is 0 Å². The third-order valence-electron chi connectivity index (χ3n) is 3.47. The number of aromatic amines is 1. The number of hydrogen-bond acceptors (Lipinski definition) is 1. The topological polar surface area (TPSA) is 44.9 Å². The molecule has 17 heavy (non-hydrogen) atoms. The lowest BCUT2D eigenvalue weighted by Gasteiger charge is -2.12. The Labute approximate surface area is 108 Å². The second kappa shape index (κ2) is 3.60. The van der Waals surface area contributed by atoms with Gasteiger partial charge in [0.05, 0.1) is 5.69 Å². The Kier molecular flexibility index (Phi) is 2.30. The molecule has 88 valence electrons. The highest BCUT2D eigenvalue weighted by atomic mass is 79.9. The first-order valence-electron chi connectivity index (χ1n) is 5.67. The van der Waals surface area contributed by atoms with Gasteiger partial charge in [-0.2, -0.15) is 0 Å². The van der Waals surface area contributed by atoms with E-state index in [0.717, 1.165) is 33.9 Å². The predicted molar refractivity (Wildman–Crippen MR) is 72.0 cm³/mol. The number of aromatic nitrogens is 1. The number of nitrogens with one attached hydrogen (secondary N) is 2. The molecule has 1 fully saturated rings. The lowest BCUT2D eigenvalue weighted by molar-refractivity contribution is -0.120. The van der Waals surface area contributed by atoms with Crippen molar-refractivity contribution in [2.75, 3.05) is 5.32 Å². The van der Waals surface area contributed by atoms with Crippen molar-refractivity contribution in [3.05, 3.63) is 28.9 Å². The molecule has 0 saturated heterocycles. The molecule has 0 spiro atoms. The third-order valence-corrected chi connectivity index (χ3v) is 4.13. The molecule has 0 atom stereocenters. The number of benzene rings is 1. The molecule has 3 rings (SSSR count). The number of H-pyrrole nitrogens is 1. The molecule has 0 bridgehead atoms. The SMILES string of the molecule is CC1(C(=O)Nc2c(Br)ccc3[nH]ccc23)CC1. The van der Waals surface area contributed by atoms with E-state index >= 15 is 0 Å². The van der Waals surface area contributed by atoms with Gasteiger partial charge in [-0.05, 0) is 47.0 Å². The summed E-state index contributed by atoms with van der Waals surface area (Å²) >= 11 is 3.49. The highest BCUT2D eigenvalue weighted by Crippen LogP contribution is 2.46. The zero-order valence-corrected chi connectivity index (χ0v) is 11.1. The Morgan fingerprint density at radius 1 is 1.41 bits per heavy atom. The van der Waals surface area contributed by atoms with Crippen molar-refractivity contribution in [2.45, 2.75) is 19.8 Å².